The Kier molecular flexibility index (Phi) is 5.11. The summed E-state index contributed by atoms with van der Waals surface area (Å²) in [6.07, 6.45) is 2.40. The lowest BCUT2D eigenvalue weighted by Crippen LogP contribution is -2.11. The van der Waals surface area contributed by atoms with Crippen molar-refractivity contribution in [3.8, 4) is 0 Å². The highest BCUT2D eigenvalue weighted by Crippen LogP contribution is 2.31. The molecule has 0 bridgehead atoms. The summed E-state index contributed by atoms with van der Waals surface area (Å²) in [4.78, 5) is 14.3. The number of carbonyl (C=O) groups is 1. The van der Waals surface area contributed by atoms with Gasteiger partial charge in [0, 0.05) is 17.2 Å². The van der Waals surface area contributed by atoms with Gasteiger partial charge in [-0.3, -0.25) is 4.79 Å². The predicted octanol–water partition coefficient (Wildman–Crippen LogP) is 2.50. The average molecular weight is 252 g/mol. The van der Waals surface area contributed by atoms with Crippen molar-refractivity contribution in [2.45, 2.75) is 18.1 Å². The summed E-state index contributed by atoms with van der Waals surface area (Å²) in [5.41, 5.74) is 0. The van der Waals surface area contributed by atoms with Crippen LogP contribution in [0.4, 0.5) is 4.39 Å². The SMILES string of the molecule is COC(=O)CCSC1CC=NC(F)=C1Cl. The Morgan fingerprint density at radius 1 is 1.87 bits per heavy atom. The molecule has 1 aliphatic heterocycles. The number of halogens is 2. The minimum Gasteiger partial charge on any atom is -0.469 e. The van der Waals surface area contributed by atoms with Crippen molar-refractivity contribution in [1.29, 1.82) is 0 Å². The van der Waals surface area contributed by atoms with Gasteiger partial charge in [0.15, 0.2) is 0 Å². The van der Waals surface area contributed by atoms with Crippen LogP contribution in [-0.4, -0.2) is 30.3 Å². The number of thioether (sulfide) groups is 1. The Hall–Kier alpha value is -0.550. The Morgan fingerprint density at radius 2 is 2.60 bits per heavy atom. The third-order valence-electron chi connectivity index (χ3n) is 1.86. The second-order valence-electron chi connectivity index (χ2n) is 2.87. The zero-order valence-electron chi connectivity index (χ0n) is 8.20. The lowest BCUT2D eigenvalue weighted by atomic mass is 10.3. The van der Waals surface area contributed by atoms with E-state index in [-0.39, 0.29) is 16.3 Å². The number of aliphatic imine (C=N–C) groups is 1. The van der Waals surface area contributed by atoms with Gasteiger partial charge in [-0.25, -0.2) is 4.99 Å². The third kappa shape index (κ3) is 3.83. The van der Waals surface area contributed by atoms with Crippen molar-refractivity contribution in [1.82, 2.24) is 0 Å². The van der Waals surface area contributed by atoms with Crippen molar-refractivity contribution in [2.75, 3.05) is 12.9 Å². The van der Waals surface area contributed by atoms with E-state index in [2.05, 4.69) is 9.73 Å². The first-order chi connectivity index (χ1) is 7.15. The molecule has 1 atom stereocenters. The number of rotatable bonds is 4. The van der Waals surface area contributed by atoms with Gasteiger partial charge in [-0.1, -0.05) is 11.6 Å². The maximum atomic E-state index is 12.9. The van der Waals surface area contributed by atoms with Crippen LogP contribution in [0, 0.1) is 0 Å². The predicted molar refractivity (Wildman–Crippen MR) is 60.0 cm³/mol. The number of hydrogen-bond donors (Lipinski definition) is 0. The normalized spacial score (nSPS) is 20.6. The van der Waals surface area contributed by atoms with Crippen LogP contribution in [0.1, 0.15) is 12.8 Å². The van der Waals surface area contributed by atoms with Gasteiger partial charge in [0.2, 0.25) is 5.95 Å². The average Bonchev–Trinajstić information content (AvgIpc) is 2.24. The molecule has 0 aliphatic carbocycles. The molecule has 1 heterocycles. The third-order valence-corrected chi connectivity index (χ3v) is 3.68. The number of hydrogen-bond acceptors (Lipinski definition) is 4. The van der Waals surface area contributed by atoms with Crippen LogP contribution in [0.3, 0.4) is 0 Å². The van der Waals surface area contributed by atoms with Gasteiger partial charge in [0.25, 0.3) is 0 Å². The molecule has 0 radical (unpaired) electrons. The standard InChI is InChI=1S/C9H11ClFNO2S/c1-14-7(13)3-5-15-6-2-4-12-9(11)8(6)10/h4,6H,2-3,5H2,1H3. The lowest BCUT2D eigenvalue weighted by Gasteiger charge is -2.16. The van der Waals surface area contributed by atoms with E-state index in [1.54, 1.807) is 0 Å². The molecule has 1 rings (SSSR count). The minimum absolute atomic E-state index is 0.131. The highest BCUT2D eigenvalue weighted by Gasteiger charge is 2.20. The molecule has 84 valence electrons. The second-order valence-corrected chi connectivity index (χ2v) is 4.59. The van der Waals surface area contributed by atoms with Crippen LogP contribution in [-0.2, 0) is 9.53 Å². The molecule has 0 amide bonds. The fraction of sp³-hybridized carbons (Fsp3) is 0.556. The summed E-state index contributed by atoms with van der Waals surface area (Å²) in [5.74, 6) is -0.333. The number of carbonyl (C=O) groups excluding carboxylic acids is 1. The Balaban J connectivity index is 2.34. The van der Waals surface area contributed by atoms with Crippen molar-refractivity contribution in [3.63, 3.8) is 0 Å². The van der Waals surface area contributed by atoms with Gasteiger partial charge < -0.3 is 4.74 Å². The van der Waals surface area contributed by atoms with Gasteiger partial charge in [0.1, 0.15) is 0 Å². The van der Waals surface area contributed by atoms with E-state index in [1.165, 1.54) is 25.1 Å². The molecule has 1 unspecified atom stereocenters. The summed E-state index contributed by atoms with van der Waals surface area (Å²) in [6, 6.07) is 0. The molecule has 0 spiro atoms. The first kappa shape index (κ1) is 12.5. The maximum absolute atomic E-state index is 12.9. The number of methoxy groups -OCH3 is 1. The Bertz CT molecular complexity index is 306. The summed E-state index contributed by atoms with van der Waals surface area (Å²) in [7, 11) is 1.34. The highest BCUT2D eigenvalue weighted by atomic mass is 35.5. The van der Waals surface area contributed by atoms with Gasteiger partial charge in [-0.2, -0.15) is 16.2 Å². The molecule has 0 saturated heterocycles. The molecular formula is C9H11ClFNO2S. The molecule has 0 saturated carbocycles. The zero-order chi connectivity index (χ0) is 11.3. The van der Waals surface area contributed by atoms with Crippen molar-refractivity contribution in [2.24, 2.45) is 4.99 Å². The highest BCUT2D eigenvalue weighted by molar-refractivity contribution is 8.00. The second kappa shape index (κ2) is 6.12. The van der Waals surface area contributed by atoms with Gasteiger partial charge in [-0.05, 0) is 6.42 Å². The van der Waals surface area contributed by atoms with Gasteiger partial charge in [0.05, 0.1) is 18.6 Å². The van der Waals surface area contributed by atoms with E-state index >= 15 is 0 Å². The van der Waals surface area contributed by atoms with Gasteiger partial charge >= 0.3 is 5.97 Å². The summed E-state index contributed by atoms with van der Waals surface area (Å²) in [6.45, 7) is 0. The van der Waals surface area contributed by atoms with Crippen LogP contribution in [0.25, 0.3) is 0 Å². The Morgan fingerprint density at radius 3 is 3.27 bits per heavy atom. The summed E-state index contributed by atoms with van der Waals surface area (Å²) >= 11 is 7.17. The van der Waals surface area contributed by atoms with Gasteiger partial charge in [-0.15, -0.1) is 0 Å². The van der Waals surface area contributed by atoms with E-state index < -0.39 is 5.95 Å². The van der Waals surface area contributed by atoms with E-state index in [0.717, 1.165) is 0 Å². The van der Waals surface area contributed by atoms with Crippen LogP contribution < -0.4 is 0 Å². The molecule has 3 nitrogen and oxygen atoms in total. The maximum Gasteiger partial charge on any atom is 0.306 e. The first-order valence-corrected chi connectivity index (χ1v) is 5.84. The van der Waals surface area contributed by atoms with E-state index in [4.69, 9.17) is 11.6 Å². The van der Waals surface area contributed by atoms with Crippen LogP contribution >= 0.6 is 23.4 Å². The van der Waals surface area contributed by atoms with Crippen molar-refractivity contribution >= 4 is 35.5 Å². The minimum atomic E-state index is -0.626. The fourth-order valence-electron chi connectivity index (χ4n) is 1.05. The molecule has 0 aromatic carbocycles. The smallest absolute Gasteiger partial charge is 0.306 e. The molecule has 15 heavy (non-hydrogen) atoms. The molecular weight excluding hydrogens is 241 g/mol. The number of nitrogens with zero attached hydrogens (tertiary/aromatic N) is 1. The molecule has 0 N–H and O–H groups in total. The zero-order valence-corrected chi connectivity index (χ0v) is 9.78. The van der Waals surface area contributed by atoms with Crippen molar-refractivity contribution < 1.29 is 13.9 Å². The summed E-state index contributed by atoms with van der Waals surface area (Å²) in [5, 5.41) is 0.00110. The largest absolute Gasteiger partial charge is 0.469 e. The van der Waals surface area contributed by atoms with Crippen molar-refractivity contribution in [3.05, 3.63) is 11.0 Å². The first-order valence-electron chi connectivity index (χ1n) is 4.41. The Labute approximate surface area is 96.7 Å². The molecule has 6 heteroatoms. The quantitative estimate of drug-likeness (QED) is 0.569. The number of ether oxygens (including phenoxy) is 1. The summed E-state index contributed by atoms with van der Waals surface area (Å²) < 4.78 is 17.4. The lowest BCUT2D eigenvalue weighted by molar-refractivity contribution is -0.140. The monoisotopic (exact) mass is 251 g/mol. The van der Waals surface area contributed by atoms with E-state index in [0.29, 0.717) is 18.6 Å². The van der Waals surface area contributed by atoms with Crippen LogP contribution in [0.2, 0.25) is 0 Å². The van der Waals surface area contributed by atoms with Crippen LogP contribution in [0.5, 0.6) is 0 Å². The van der Waals surface area contributed by atoms with E-state index in [9.17, 15) is 9.18 Å². The van der Waals surface area contributed by atoms with Crippen LogP contribution in [0.15, 0.2) is 16.0 Å². The number of esters is 1. The fourth-order valence-corrected chi connectivity index (χ4v) is 2.42. The molecule has 0 aromatic heterocycles. The molecule has 1 aliphatic rings. The topological polar surface area (TPSA) is 38.7 Å². The molecule has 0 fully saturated rings. The molecule has 0 aromatic rings. The van der Waals surface area contributed by atoms with E-state index in [1.807, 2.05) is 0 Å².